The summed E-state index contributed by atoms with van der Waals surface area (Å²) in [5.41, 5.74) is -0.392. The van der Waals surface area contributed by atoms with Gasteiger partial charge in [-0.15, -0.1) is 0 Å². The van der Waals surface area contributed by atoms with Gasteiger partial charge in [0, 0.05) is 13.0 Å². The van der Waals surface area contributed by atoms with Crippen LogP contribution in [0.2, 0.25) is 0 Å². The number of carbonyl (C=O) groups is 1. The van der Waals surface area contributed by atoms with Crippen LogP contribution in [0.5, 0.6) is 0 Å². The molecular weight excluding hydrogens is 256 g/mol. The minimum Gasteiger partial charge on any atom is -0.388 e. The van der Waals surface area contributed by atoms with Gasteiger partial charge in [-0.2, -0.15) is 0 Å². The maximum Gasteiger partial charge on any atom is 0.319 e. The summed E-state index contributed by atoms with van der Waals surface area (Å²) >= 11 is 0. The number of anilines is 1. The number of carbonyl (C=O) groups excluding carboxylic acids is 1. The molecule has 20 heavy (non-hydrogen) atoms. The summed E-state index contributed by atoms with van der Waals surface area (Å²) in [4.78, 5) is 19.9. The van der Waals surface area contributed by atoms with Gasteiger partial charge in [-0.1, -0.05) is 27.2 Å². The molecule has 0 bridgehead atoms. The molecule has 2 atom stereocenters. The van der Waals surface area contributed by atoms with Crippen molar-refractivity contribution in [3.05, 3.63) is 18.2 Å². The molecule has 3 N–H and O–H groups in total. The molecule has 2 amide bonds. The third kappa shape index (κ3) is 4.77. The van der Waals surface area contributed by atoms with Crippen LogP contribution in [0.4, 0.5) is 10.5 Å². The standard InChI is InChI=1S/C14H24N4O2/c1-5-10(3)14(4,20)9-17-13(19)18-11-7-15-12(6-2)16-8-11/h7-8,10,20H,5-6,9H2,1-4H3,(H2,17,18,19). The van der Waals surface area contributed by atoms with Crippen LogP contribution in [0.1, 0.15) is 39.9 Å². The van der Waals surface area contributed by atoms with Crippen molar-refractivity contribution in [3.63, 3.8) is 0 Å². The number of hydrogen-bond donors (Lipinski definition) is 3. The van der Waals surface area contributed by atoms with Crippen LogP contribution in [0.3, 0.4) is 0 Å². The predicted molar refractivity (Wildman–Crippen MR) is 78.5 cm³/mol. The second kappa shape index (κ2) is 7.19. The van der Waals surface area contributed by atoms with Gasteiger partial charge in [0.25, 0.3) is 0 Å². The highest BCUT2D eigenvalue weighted by Crippen LogP contribution is 2.18. The minimum absolute atomic E-state index is 0.106. The van der Waals surface area contributed by atoms with E-state index in [1.54, 1.807) is 19.3 Å². The number of urea groups is 1. The van der Waals surface area contributed by atoms with Crippen LogP contribution in [-0.4, -0.2) is 33.3 Å². The van der Waals surface area contributed by atoms with E-state index in [0.717, 1.165) is 18.7 Å². The van der Waals surface area contributed by atoms with Gasteiger partial charge in [-0.3, -0.25) is 0 Å². The molecule has 0 fully saturated rings. The Bertz CT molecular complexity index is 431. The molecule has 2 unspecified atom stereocenters. The zero-order chi connectivity index (χ0) is 15.2. The molecule has 1 aromatic rings. The van der Waals surface area contributed by atoms with Crippen LogP contribution in [-0.2, 0) is 6.42 Å². The summed E-state index contributed by atoms with van der Waals surface area (Å²) < 4.78 is 0. The number of aliphatic hydroxyl groups is 1. The van der Waals surface area contributed by atoms with Gasteiger partial charge < -0.3 is 15.7 Å². The van der Waals surface area contributed by atoms with Crippen molar-refractivity contribution >= 4 is 11.7 Å². The topological polar surface area (TPSA) is 87.1 Å². The Hall–Kier alpha value is -1.69. The van der Waals surface area contributed by atoms with Crippen LogP contribution < -0.4 is 10.6 Å². The zero-order valence-electron chi connectivity index (χ0n) is 12.6. The van der Waals surface area contributed by atoms with Crippen LogP contribution in [0, 0.1) is 5.92 Å². The SMILES string of the molecule is CCc1ncc(NC(=O)NCC(C)(O)C(C)CC)cn1. The summed E-state index contributed by atoms with van der Waals surface area (Å²) in [7, 11) is 0. The molecule has 0 aromatic carbocycles. The van der Waals surface area contributed by atoms with Gasteiger partial charge >= 0.3 is 6.03 Å². The maximum atomic E-state index is 11.7. The molecule has 6 heteroatoms. The van der Waals surface area contributed by atoms with Gasteiger partial charge in [0.2, 0.25) is 0 Å². The fourth-order valence-electron chi connectivity index (χ4n) is 1.65. The molecule has 0 spiro atoms. The smallest absolute Gasteiger partial charge is 0.319 e. The van der Waals surface area contributed by atoms with Crippen molar-refractivity contribution in [2.24, 2.45) is 5.92 Å². The lowest BCUT2D eigenvalue weighted by Gasteiger charge is -2.29. The molecule has 0 aliphatic rings. The van der Waals surface area contributed by atoms with Crippen LogP contribution >= 0.6 is 0 Å². The van der Waals surface area contributed by atoms with Gasteiger partial charge in [-0.25, -0.2) is 14.8 Å². The summed E-state index contributed by atoms with van der Waals surface area (Å²) in [6, 6.07) is -0.374. The predicted octanol–water partition coefficient (Wildman–Crippen LogP) is 1.96. The normalized spacial score (nSPS) is 15.2. The lowest BCUT2D eigenvalue weighted by Crippen LogP contribution is -2.46. The molecule has 6 nitrogen and oxygen atoms in total. The Balaban J connectivity index is 2.47. The average molecular weight is 280 g/mol. The van der Waals surface area contributed by atoms with Gasteiger partial charge in [-0.05, 0) is 12.8 Å². The summed E-state index contributed by atoms with van der Waals surface area (Å²) in [5.74, 6) is 0.839. The minimum atomic E-state index is -0.922. The number of rotatable bonds is 6. The zero-order valence-corrected chi connectivity index (χ0v) is 12.6. The van der Waals surface area contributed by atoms with E-state index in [0.29, 0.717) is 5.69 Å². The second-order valence-electron chi connectivity index (χ2n) is 5.22. The lowest BCUT2D eigenvalue weighted by molar-refractivity contribution is 0.00827. The number of nitrogens with one attached hydrogen (secondary N) is 2. The van der Waals surface area contributed by atoms with Crippen molar-refractivity contribution in [3.8, 4) is 0 Å². The van der Waals surface area contributed by atoms with Gasteiger partial charge in [0.15, 0.2) is 0 Å². The molecule has 0 radical (unpaired) electrons. The van der Waals surface area contributed by atoms with E-state index >= 15 is 0 Å². The molecule has 0 aliphatic carbocycles. The number of amides is 2. The first-order valence-electron chi connectivity index (χ1n) is 6.97. The highest BCUT2D eigenvalue weighted by atomic mass is 16.3. The third-order valence-corrected chi connectivity index (χ3v) is 3.56. The van der Waals surface area contributed by atoms with E-state index in [2.05, 4.69) is 20.6 Å². The number of aromatic nitrogens is 2. The fourth-order valence-corrected chi connectivity index (χ4v) is 1.65. The Morgan fingerprint density at radius 1 is 1.40 bits per heavy atom. The first-order valence-corrected chi connectivity index (χ1v) is 6.97. The first kappa shape index (κ1) is 16.4. The molecule has 0 saturated carbocycles. The van der Waals surface area contributed by atoms with Crippen LogP contribution in [0.25, 0.3) is 0 Å². The number of hydrogen-bond acceptors (Lipinski definition) is 4. The second-order valence-corrected chi connectivity index (χ2v) is 5.22. The molecule has 112 valence electrons. The quantitative estimate of drug-likeness (QED) is 0.743. The number of aryl methyl sites for hydroxylation is 1. The summed E-state index contributed by atoms with van der Waals surface area (Å²) in [6.07, 6.45) is 4.74. The largest absolute Gasteiger partial charge is 0.388 e. The Morgan fingerprint density at radius 3 is 2.50 bits per heavy atom. The van der Waals surface area contributed by atoms with Crippen molar-refractivity contribution in [1.82, 2.24) is 15.3 Å². The van der Waals surface area contributed by atoms with E-state index in [-0.39, 0.29) is 18.5 Å². The van der Waals surface area contributed by atoms with Crippen molar-refractivity contribution in [2.75, 3.05) is 11.9 Å². The van der Waals surface area contributed by atoms with E-state index < -0.39 is 5.60 Å². The first-order chi connectivity index (χ1) is 9.39. The van der Waals surface area contributed by atoms with Gasteiger partial charge in [0.1, 0.15) is 5.82 Å². The highest BCUT2D eigenvalue weighted by molar-refractivity contribution is 5.88. The van der Waals surface area contributed by atoms with Crippen molar-refractivity contribution in [2.45, 2.75) is 46.1 Å². The Kier molecular flexibility index (Phi) is 5.88. The highest BCUT2D eigenvalue weighted by Gasteiger charge is 2.27. The fraction of sp³-hybridized carbons (Fsp3) is 0.643. The Labute approximate surface area is 120 Å². The monoisotopic (exact) mass is 280 g/mol. The van der Waals surface area contributed by atoms with Crippen molar-refractivity contribution < 1.29 is 9.90 Å². The molecule has 1 heterocycles. The molecule has 1 rings (SSSR count). The van der Waals surface area contributed by atoms with Gasteiger partial charge in [0.05, 0.1) is 23.7 Å². The van der Waals surface area contributed by atoms with E-state index in [1.165, 1.54) is 0 Å². The molecule has 0 aliphatic heterocycles. The number of nitrogens with zero attached hydrogens (tertiary/aromatic N) is 2. The summed E-state index contributed by atoms with van der Waals surface area (Å²) in [5, 5.41) is 15.5. The maximum absolute atomic E-state index is 11.7. The molecular formula is C14H24N4O2. The van der Waals surface area contributed by atoms with Crippen molar-refractivity contribution in [1.29, 1.82) is 0 Å². The molecule has 0 saturated heterocycles. The van der Waals surface area contributed by atoms with E-state index in [9.17, 15) is 9.90 Å². The lowest BCUT2D eigenvalue weighted by atomic mass is 9.89. The van der Waals surface area contributed by atoms with E-state index in [1.807, 2.05) is 20.8 Å². The molecule has 1 aromatic heterocycles. The average Bonchev–Trinajstić information content (AvgIpc) is 2.45. The third-order valence-electron chi connectivity index (χ3n) is 3.56. The van der Waals surface area contributed by atoms with Crippen LogP contribution in [0.15, 0.2) is 12.4 Å². The van der Waals surface area contributed by atoms with E-state index in [4.69, 9.17) is 0 Å². The Morgan fingerprint density at radius 2 is 2.00 bits per heavy atom. The summed E-state index contributed by atoms with van der Waals surface area (Å²) in [6.45, 7) is 7.84.